The summed E-state index contributed by atoms with van der Waals surface area (Å²) in [5.74, 6) is -2.69. The average molecular weight is 1780 g/mol. The van der Waals surface area contributed by atoms with Crippen LogP contribution in [0.3, 0.4) is 0 Å². The number of nitrogens with one attached hydrogen (secondary N) is 3. The maximum absolute atomic E-state index is 14.4. The molecule has 11 aromatic rings. The number of allylic oxidation sites excluding steroid dienone is 1. The SMILES string of the molecule is CCCCCCC(CCC(=O)O)Oc1ccc(C)cc1NC(=O)c1ccc2c(N(C)C(=O)Oc3ccc(CSc4nncn4-c4ccccc4)cc3C#N)cccc2c1O.CCCCCCCCCCCCCCN(C(=O)Oc1ccc(CSc2nnc(CC(=O)OCC=C(C)C)o2)cc1C(=O)OC)c1cccc2c(O)c(C(=O)Nc3ccc(NC(C)=O)cc3)ccc12. The number of fused-ring (bicyclic) bond motifs is 2. The number of hydrogen-bond donors (Lipinski definition) is 6. The van der Waals surface area contributed by atoms with Crippen LogP contribution < -0.4 is 40.0 Å². The van der Waals surface area contributed by atoms with E-state index in [1.165, 1.54) is 118 Å². The van der Waals surface area contributed by atoms with Gasteiger partial charge in [-0.25, -0.2) is 14.4 Å². The number of carboxylic acids is 1. The monoisotopic (exact) mass is 1780 g/mol. The number of rotatable bonds is 44. The van der Waals surface area contributed by atoms with Crippen molar-refractivity contribution in [3.63, 3.8) is 0 Å². The number of aromatic nitrogens is 5. The van der Waals surface area contributed by atoms with Crippen LogP contribution in [0.4, 0.5) is 38.0 Å². The second-order valence-electron chi connectivity index (χ2n) is 31.0. The standard InChI is InChI=1S/C52H63N5O10S.C46H46N6O7S/c1-6-7-8-9-10-11-12-13-14-15-16-17-30-57(44-20-18-19-41-40(44)26-27-42(48(41)60)49(61)54-39-24-22-38(23-25-39)53-36(4)58)52(63)66-45-28-21-37(32-43(45)50(62)64-5)34-68-51-56-55-46(67-51)33-47(59)65-31-29-35(2)3;1-4-5-6-10-14-34(19-24-42(53)54)58-41-22-17-30(2)25-38(41)49-44(56)37-21-20-35-36(43(37)55)15-11-16-39(35)51(3)46(57)59-40-23-18-31(26-32(40)27-47)28-60-45-50-48-29-52(45)33-12-8-7-9-13-33/h18-29,32,60H,6-17,30-31,33-34H2,1-5H3,(H,53,58)(H,54,61);7-9,11-13,15-18,20-23,25-26,29,34,55H,4-6,10,14,19,24,28H2,1-3H3,(H,49,56)(H,53,54). The number of benzene rings is 9. The van der Waals surface area contributed by atoms with E-state index in [1.54, 1.807) is 128 Å². The lowest BCUT2D eigenvalue weighted by molar-refractivity contribution is -0.142. The van der Waals surface area contributed by atoms with E-state index >= 15 is 0 Å². The first-order valence-electron chi connectivity index (χ1n) is 42.9. The lowest BCUT2D eigenvalue weighted by atomic mass is 10.0. The van der Waals surface area contributed by atoms with E-state index in [9.17, 15) is 58.9 Å². The van der Waals surface area contributed by atoms with E-state index in [4.69, 9.17) is 28.1 Å². The van der Waals surface area contributed by atoms with Gasteiger partial charge in [0.1, 0.15) is 54.0 Å². The molecule has 2 heterocycles. The molecule has 28 nitrogen and oxygen atoms in total. The summed E-state index contributed by atoms with van der Waals surface area (Å²) in [4.78, 5) is 106. The highest BCUT2D eigenvalue weighted by molar-refractivity contribution is 7.98. The van der Waals surface area contributed by atoms with Crippen molar-refractivity contribution in [2.24, 2.45) is 0 Å². The number of thioether (sulfide) groups is 2. The van der Waals surface area contributed by atoms with Crippen LogP contribution in [0, 0.1) is 18.3 Å². The van der Waals surface area contributed by atoms with Crippen LogP contribution >= 0.6 is 23.5 Å². The van der Waals surface area contributed by atoms with Gasteiger partial charge in [0, 0.05) is 77.0 Å². The molecule has 128 heavy (non-hydrogen) atoms. The van der Waals surface area contributed by atoms with E-state index in [2.05, 4.69) is 56.3 Å². The van der Waals surface area contributed by atoms with Gasteiger partial charge in [-0.1, -0.05) is 206 Å². The Hall–Kier alpha value is -13.5. The maximum atomic E-state index is 14.4. The zero-order chi connectivity index (χ0) is 91.4. The highest BCUT2D eigenvalue weighted by Gasteiger charge is 2.28. The van der Waals surface area contributed by atoms with Crippen molar-refractivity contribution < 1.29 is 81.8 Å². The van der Waals surface area contributed by atoms with Crippen LogP contribution in [0.1, 0.15) is 216 Å². The number of nitrogens with zero attached hydrogens (tertiary/aromatic N) is 8. The number of aromatic hydroxyl groups is 2. The minimum Gasteiger partial charge on any atom is -0.506 e. The van der Waals surface area contributed by atoms with Crippen molar-refractivity contribution in [3.05, 3.63) is 233 Å². The number of amides is 5. The number of nitriles is 1. The molecule has 0 radical (unpaired) electrons. The summed E-state index contributed by atoms with van der Waals surface area (Å²) in [7, 11) is 2.75. The number of ether oxygens (including phenoxy) is 5. The third-order valence-corrected chi connectivity index (χ3v) is 22.8. The summed E-state index contributed by atoms with van der Waals surface area (Å²) in [5, 5.41) is 69.4. The van der Waals surface area contributed by atoms with Crippen LogP contribution in [0.25, 0.3) is 27.2 Å². The van der Waals surface area contributed by atoms with E-state index in [0.29, 0.717) is 97.2 Å². The zero-order valence-electron chi connectivity index (χ0n) is 73.3. The Morgan fingerprint density at radius 2 is 1.17 bits per heavy atom. The van der Waals surface area contributed by atoms with Crippen LogP contribution in [0.5, 0.6) is 28.7 Å². The van der Waals surface area contributed by atoms with Crippen molar-refractivity contribution in [2.75, 3.05) is 53.1 Å². The van der Waals surface area contributed by atoms with E-state index in [1.807, 2.05) is 61.7 Å². The van der Waals surface area contributed by atoms with Crippen LogP contribution in [0.15, 0.2) is 203 Å². The summed E-state index contributed by atoms with van der Waals surface area (Å²) in [5.41, 5.74) is 6.77. The third-order valence-electron chi connectivity index (χ3n) is 20.9. The van der Waals surface area contributed by atoms with E-state index in [-0.39, 0.29) is 94.4 Å². The Morgan fingerprint density at radius 1 is 0.586 bits per heavy atom. The van der Waals surface area contributed by atoms with Crippen LogP contribution in [0.2, 0.25) is 0 Å². The fraction of sp³-hybridized carbons (Fsp3) is 0.337. The van der Waals surface area contributed by atoms with Crippen molar-refractivity contribution in [2.45, 2.75) is 198 Å². The third kappa shape index (κ3) is 28.5. The summed E-state index contributed by atoms with van der Waals surface area (Å²) < 4.78 is 35.8. The lowest BCUT2D eigenvalue weighted by Gasteiger charge is -2.24. The molecule has 670 valence electrons. The molecular formula is C98H109N11O17S2. The van der Waals surface area contributed by atoms with Crippen molar-refractivity contribution >= 4 is 121 Å². The molecule has 0 saturated carbocycles. The van der Waals surface area contributed by atoms with Crippen LogP contribution in [-0.2, 0) is 41.8 Å². The molecule has 1 atom stereocenters. The molecule has 6 N–H and O–H groups in total. The number of aliphatic carboxylic acids is 1. The summed E-state index contributed by atoms with van der Waals surface area (Å²) in [6, 6.07) is 50.0. The first-order valence-corrected chi connectivity index (χ1v) is 44.9. The lowest BCUT2D eigenvalue weighted by Crippen LogP contribution is -2.35. The van der Waals surface area contributed by atoms with Gasteiger partial charge in [-0.15, -0.1) is 20.4 Å². The van der Waals surface area contributed by atoms with E-state index in [0.717, 1.165) is 73.8 Å². The van der Waals surface area contributed by atoms with Gasteiger partial charge >= 0.3 is 30.1 Å². The Morgan fingerprint density at radius 3 is 1.80 bits per heavy atom. The Balaban J connectivity index is 0.000000269. The molecular weight excluding hydrogens is 1670 g/mol. The fourth-order valence-electron chi connectivity index (χ4n) is 14.1. The average Bonchev–Trinajstić information content (AvgIpc) is 0.888. The highest BCUT2D eigenvalue weighted by atomic mass is 32.2. The van der Waals surface area contributed by atoms with Crippen LogP contribution in [-0.4, -0.2) is 122 Å². The van der Waals surface area contributed by atoms with Gasteiger partial charge in [-0.3, -0.25) is 38.3 Å². The molecule has 30 heteroatoms. The first-order chi connectivity index (χ1) is 61.9. The summed E-state index contributed by atoms with van der Waals surface area (Å²) in [6.45, 7) is 11.9. The largest absolute Gasteiger partial charge is 0.506 e. The minimum absolute atomic E-state index is 0.00320. The number of carbonyl (C=O) groups is 8. The molecule has 9 aromatic carbocycles. The Bertz CT molecular complexity index is 5730. The summed E-state index contributed by atoms with van der Waals surface area (Å²) in [6.07, 6.45) is 20.1. The number of carboxylic acid groups (broad SMARTS) is 1. The topological polar surface area (TPSA) is 379 Å². The number of esters is 2. The number of hydrogen-bond acceptors (Lipinski definition) is 23. The second kappa shape index (κ2) is 49.4. The number of methoxy groups -OCH3 is 1. The van der Waals surface area contributed by atoms with Gasteiger partial charge in [0.15, 0.2) is 10.9 Å². The van der Waals surface area contributed by atoms with E-state index < -0.39 is 41.9 Å². The van der Waals surface area contributed by atoms with Gasteiger partial charge in [0.2, 0.25) is 11.8 Å². The summed E-state index contributed by atoms with van der Waals surface area (Å²) >= 11 is 2.65. The van der Waals surface area contributed by atoms with Gasteiger partial charge in [-0.2, -0.15) is 5.26 Å². The molecule has 0 aliphatic carbocycles. The molecule has 0 fully saturated rings. The van der Waals surface area contributed by atoms with Crippen molar-refractivity contribution in [1.82, 2.24) is 25.0 Å². The molecule has 0 bridgehead atoms. The Kier molecular flexibility index (Phi) is 37.3. The number of para-hydroxylation sites is 1. The van der Waals surface area contributed by atoms with Crippen molar-refractivity contribution in [1.29, 1.82) is 5.26 Å². The number of phenolic OH excluding ortho intramolecular Hbond substituents is 2. The smallest absolute Gasteiger partial charge is 0.419 e. The molecule has 0 aliphatic heterocycles. The molecule has 2 aromatic heterocycles. The molecule has 0 saturated heterocycles. The number of aryl methyl sites for hydroxylation is 1. The number of unbranched alkanes of at least 4 members (excludes halogenated alkanes) is 14. The quantitative estimate of drug-likeness (QED) is 0.00894. The zero-order valence-corrected chi connectivity index (χ0v) is 75.0. The number of anilines is 5. The molecule has 1 unspecified atom stereocenters. The molecule has 11 rings (SSSR count). The van der Waals surface area contributed by atoms with Gasteiger partial charge in [0.25, 0.3) is 17.0 Å². The van der Waals surface area contributed by atoms with Gasteiger partial charge in [-0.05, 0) is 166 Å². The van der Waals surface area contributed by atoms with Gasteiger partial charge < -0.3 is 59.4 Å². The predicted octanol–water partition coefficient (Wildman–Crippen LogP) is 22.0. The maximum Gasteiger partial charge on any atom is 0.419 e. The molecule has 0 spiro atoms. The molecule has 0 aliphatic rings. The Labute approximate surface area is 753 Å². The fourth-order valence-corrected chi connectivity index (χ4v) is 15.7. The normalized spacial score (nSPS) is 11.1. The number of phenols is 2. The number of carbonyl (C=O) groups excluding carboxylic acids is 7. The predicted molar refractivity (Wildman–Crippen MR) is 496 cm³/mol. The highest BCUT2D eigenvalue weighted by Crippen LogP contribution is 2.40. The van der Waals surface area contributed by atoms with Crippen molar-refractivity contribution in [3.8, 4) is 40.5 Å². The second-order valence-corrected chi connectivity index (χ2v) is 32.8. The first kappa shape index (κ1) is 96.7. The molecule has 5 amide bonds. The minimum atomic E-state index is -0.903. The van der Waals surface area contributed by atoms with Gasteiger partial charge in [0.05, 0.1) is 47.0 Å².